The predicted molar refractivity (Wildman–Crippen MR) is 99.3 cm³/mol. The van der Waals surface area contributed by atoms with Gasteiger partial charge in [0.25, 0.3) is 5.91 Å². The summed E-state index contributed by atoms with van der Waals surface area (Å²) in [4.78, 5) is 12.2. The lowest BCUT2D eigenvalue weighted by Crippen LogP contribution is -2.34. The van der Waals surface area contributed by atoms with Gasteiger partial charge in [0.2, 0.25) is 0 Å². The number of carbonyl (C=O) groups is 1. The molecule has 3 rings (SSSR count). The van der Waals surface area contributed by atoms with Crippen molar-refractivity contribution in [1.29, 1.82) is 0 Å². The van der Waals surface area contributed by atoms with E-state index in [1.807, 2.05) is 43.3 Å². The Labute approximate surface area is 149 Å². The number of aryl methyl sites for hydroxylation is 1. The van der Waals surface area contributed by atoms with Crippen LogP contribution in [-0.2, 0) is 0 Å². The van der Waals surface area contributed by atoms with Crippen LogP contribution in [0.4, 0.5) is 5.69 Å². The number of anilines is 1. The molecule has 0 aliphatic carbocycles. The van der Waals surface area contributed by atoms with Crippen molar-refractivity contribution in [3.05, 3.63) is 59.7 Å². The number of hydrogen-bond donors (Lipinski definition) is 2. The van der Waals surface area contributed by atoms with Gasteiger partial charge in [-0.1, -0.05) is 24.3 Å². The Morgan fingerprint density at radius 3 is 2.54 bits per heavy atom. The third-order valence-corrected chi connectivity index (χ3v) is 4.06. The first-order valence-electron chi connectivity index (χ1n) is 8.07. The summed E-state index contributed by atoms with van der Waals surface area (Å²) in [5.74, 6) is 0.741. The smallest absolute Gasteiger partial charge is 0.255 e. The second-order valence-corrected chi connectivity index (χ2v) is 5.87. The summed E-state index contributed by atoms with van der Waals surface area (Å²) >= 11 is 0. The summed E-state index contributed by atoms with van der Waals surface area (Å²) in [7, 11) is 0. The van der Waals surface area contributed by atoms with Crippen LogP contribution in [0.15, 0.2) is 48.5 Å². The minimum absolute atomic E-state index is 0. The molecule has 0 radical (unpaired) electrons. The number of benzene rings is 2. The maximum absolute atomic E-state index is 12.2. The normalized spacial score (nSPS) is 14.5. The van der Waals surface area contributed by atoms with Crippen molar-refractivity contribution >= 4 is 24.0 Å². The van der Waals surface area contributed by atoms with Gasteiger partial charge in [0.1, 0.15) is 11.9 Å². The fourth-order valence-corrected chi connectivity index (χ4v) is 2.69. The number of amides is 1. The molecule has 1 saturated heterocycles. The van der Waals surface area contributed by atoms with Gasteiger partial charge in [-0.15, -0.1) is 12.4 Å². The summed E-state index contributed by atoms with van der Waals surface area (Å²) in [6.07, 6.45) is 2.27. The zero-order chi connectivity index (χ0) is 16.1. The molecule has 24 heavy (non-hydrogen) atoms. The quantitative estimate of drug-likeness (QED) is 0.885. The van der Waals surface area contributed by atoms with E-state index in [4.69, 9.17) is 4.74 Å². The van der Waals surface area contributed by atoms with Crippen molar-refractivity contribution in [2.24, 2.45) is 0 Å². The average Bonchev–Trinajstić information content (AvgIpc) is 2.59. The molecular weight excluding hydrogens is 324 g/mol. The van der Waals surface area contributed by atoms with Gasteiger partial charge in [0.15, 0.2) is 0 Å². The molecule has 0 unspecified atom stereocenters. The molecule has 4 nitrogen and oxygen atoms in total. The topological polar surface area (TPSA) is 50.4 Å². The Hall–Kier alpha value is -2.04. The molecule has 0 aromatic heterocycles. The Bertz CT molecular complexity index is 670. The molecule has 2 N–H and O–H groups in total. The second-order valence-electron chi connectivity index (χ2n) is 5.87. The van der Waals surface area contributed by atoms with Crippen LogP contribution in [0.25, 0.3) is 0 Å². The first kappa shape index (κ1) is 18.3. The number of nitrogens with one attached hydrogen (secondary N) is 2. The van der Waals surface area contributed by atoms with E-state index in [9.17, 15) is 4.79 Å². The third kappa shape index (κ3) is 4.73. The highest BCUT2D eigenvalue weighted by Gasteiger charge is 2.16. The second kappa shape index (κ2) is 8.71. The summed E-state index contributed by atoms with van der Waals surface area (Å²) in [6, 6.07) is 15.0. The van der Waals surface area contributed by atoms with Gasteiger partial charge < -0.3 is 15.4 Å². The SMILES string of the molecule is Cc1ccc(NC(=O)c2ccccc2)cc1OC1CCNCC1.Cl. The minimum Gasteiger partial charge on any atom is -0.490 e. The van der Waals surface area contributed by atoms with Crippen molar-refractivity contribution in [2.45, 2.75) is 25.9 Å². The van der Waals surface area contributed by atoms with Crippen molar-refractivity contribution in [2.75, 3.05) is 18.4 Å². The van der Waals surface area contributed by atoms with Crippen molar-refractivity contribution in [1.82, 2.24) is 5.32 Å². The highest BCUT2D eigenvalue weighted by Crippen LogP contribution is 2.25. The van der Waals surface area contributed by atoms with Crippen LogP contribution in [0.5, 0.6) is 5.75 Å². The first-order chi connectivity index (χ1) is 11.2. The summed E-state index contributed by atoms with van der Waals surface area (Å²) in [5, 5.41) is 6.27. The van der Waals surface area contributed by atoms with Gasteiger partial charge in [-0.3, -0.25) is 4.79 Å². The molecule has 1 fully saturated rings. The number of hydrogen-bond acceptors (Lipinski definition) is 3. The van der Waals surface area contributed by atoms with E-state index in [0.717, 1.165) is 42.9 Å². The first-order valence-corrected chi connectivity index (χ1v) is 8.07. The van der Waals surface area contributed by atoms with Crippen LogP contribution in [0.3, 0.4) is 0 Å². The summed E-state index contributed by atoms with van der Waals surface area (Å²) in [5.41, 5.74) is 2.49. The summed E-state index contributed by atoms with van der Waals surface area (Å²) < 4.78 is 6.12. The Balaban J connectivity index is 0.00000208. The van der Waals surface area contributed by atoms with Gasteiger partial charge in [-0.25, -0.2) is 0 Å². The lowest BCUT2D eigenvalue weighted by atomic mass is 10.1. The molecule has 1 aliphatic rings. The van der Waals surface area contributed by atoms with Crippen LogP contribution in [-0.4, -0.2) is 25.1 Å². The molecule has 128 valence electrons. The number of piperidine rings is 1. The van der Waals surface area contributed by atoms with Gasteiger partial charge in [0.05, 0.1) is 0 Å². The van der Waals surface area contributed by atoms with Crippen LogP contribution < -0.4 is 15.4 Å². The van der Waals surface area contributed by atoms with E-state index < -0.39 is 0 Å². The van der Waals surface area contributed by atoms with E-state index in [-0.39, 0.29) is 24.4 Å². The maximum atomic E-state index is 12.2. The molecule has 0 bridgehead atoms. The molecular formula is C19H23ClN2O2. The highest BCUT2D eigenvalue weighted by molar-refractivity contribution is 6.04. The lowest BCUT2D eigenvalue weighted by Gasteiger charge is -2.25. The standard InChI is InChI=1S/C19H22N2O2.ClH/c1-14-7-8-16(21-19(22)15-5-3-2-4-6-15)13-18(14)23-17-9-11-20-12-10-17;/h2-8,13,17,20H,9-12H2,1H3,(H,21,22);1H. The average molecular weight is 347 g/mol. The minimum atomic E-state index is -0.109. The zero-order valence-electron chi connectivity index (χ0n) is 13.7. The Morgan fingerprint density at radius 1 is 1.12 bits per heavy atom. The van der Waals surface area contributed by atoms with Crippen LogP contribution >= 0.6 is 12.4 Å². The molecule has 1 amide bonds. The Kier molecular flexibility index (Phi) is 6.64. The number of halogens is 1. The van der Waals surface area contributed by atoms with Crippen molar-refractivity contribution < 1.29 is 9.53 Å². The van der Waals surface area contributed by atoms with Crippen LogP contribution in [0, 0.1) is 6.92 Å². The zero-order valence-corrected chi connectivity index (χ0v) is 14.6. The molecule has 1 aliphatic heterocycles. The highest BCUT2D eigenvalue weighted by atomic mass is 35.5. The van der Waals surface area contributed by atoms with E-state index in [1.54, 1.807) is 12.1 Å². The fourth-order valence-electron chi connectivity index (χ4n) is 2.69. The van der Waals surface area contributed by atoms with Crippen molar-refractivity contribution in [3.63, 3.8) is 0 Å². The molecule has 0 atom stereocenters. The number of rotatable bonds is 4. The molecule has 0 saturated carbocycles. The lowest BCUT2D eigenvalue weighted by molar-refractivity contribution is 0.102. The molecule has 2 aromatic rings. The molecule has 5 heteroatoms. The fraction of sp³-hybridized carbons (Fsp3) is 0.316. The van der Waals surface area contributed by atoms with Gasteiger partial charge in [-0.2, -0.15) is 0 Å². The number of ether oxygens (including phenoxy) is 1. The molecule has 0 spiro atoms. The van der Waals surface area contributed by atoms with E-state index >= 15 is 0 Å². The van der Waals surface area contributed by atoms with Gasteiger partial charge in [-0.05, 0) is 56.6 Å². The van der Waals surface area contributed by atoms with E-state index in [2.05, 4.69) is 10.6 Å². The van der Waals surface area contributed by atoms with Gasteiger partial charge in [0, 0.05) is 17.3 Å². The van der Waals surface area contributed by atoms with Crippen LogP contribution in [0.2, 0.25) is 0 Å². The van der Waals surface area contributed by atoms with E-state index in [1.165, 1.54) is 0 Å². The summed E-state index contributed by atoms with van der Waals surface area (Å²) in [6.45, 7) is 4.02. The van der Waals surface area contributed by atoms with Crippen molar-refractivity contribution in [3.8, 4) is 5.75 Å². The third-order valence-electron chi connectivity index (χ3n) is 4.06. The molecule has 1 heterocycles. The maximum Gasteiger partial charge on any atom is 0.255 e. The predicted octanol–water partition coefficient (Wildman–Crippen LogP) is 3.80. The Morgan fingerprint density at radius 2 is 1.83 bits per heavy atom. The monoisotopic (exact) mass is 346 g/mol. The molecule has 2 aromatic carbocycles. The largest absolute Gasteiger partial charge is 0.490 e. The van der Waals surface area contributed by atoms with E-state index in [0.29, 0.717) is 5.56 Å². The van der Waals surface area contributed by atoms with Crippen LogP contribution in [0.1, 0.15) is 28.8 Å². The van der Waals surface area contributed by atoms with Gasteiger partial charge >= 0.3 is 0 Å². The number of carbonyl (C=O) groups excluding carboxylic acids is 1.